The van der Waals surface area contributed by atoms with E-state index in [2.05, 4.69) is 21.3 Å². The van der Waals surface area contributed by atoms with Gasteiger partial charge in [-0.1, -0.05) is 124 Å². The van der Waals surface area contributed by atoms with Crippen LogP contribution in [0.1, 0.15) is 170 Å². The molecule has 0 saturated carbocycles. The van der Waals surface area contributed by atoms with Gasteiger partial charge < -0.3 is 60.7 Å². The minimum absolute atomic E-state index is 0.129. The average Bonchev–Trinajstić information content (AvgIpc) is 2.16. The number of hydrogen-bond donors (Lipinski definition) is 5. The second-order valence-electron chi connectivity index (χ2n) is 27.2. The van der Waals surface area contributed by atoms with Gasteiger partial charge in [-0.15, -0.1) is 0 Å². The first-order chi connectivity index (χ1) is 39.6. The van der Waals surface area contributed by atoms with Crippen LogP contribution in [0.25, 0.3) is 0 Å². The van der Waals surface area contributed by atoms with E-state index in [4.69, 9.17) is 0 Å². The SMILES string of the molecule is CCCC[C@@H](C)[C@@H](O)C1C(=O)N[C@@H](C(C)C)C(=O)N(C)CC(=O)N(C)[C@@H](CC(C)C)C(=O)N[C@@H](C(C)C)C(=O)N(C)[C@@H](CC(C)C)C(=O)N[C@@H](C)C(=O)N[C@H](C)C(=O)N(C)[C@@H](CC(C)C)C(=O)N(C)[C@@H](CC(C)C)C(=O)N(C)[C@@H](C(C)C)C(=O)N1C. The Morgan fingerprint density at radius 2 is 0.779 bits per heavy atom. The van der Waals surface area contributed by atoms with Crippen molar-refractivity contribution in [3.63, 3.8) is 0 Å². The molecule has 86 heavy (non-hydrogen) atoms. The van der Waals surface area contributed by atoms with Gasteiger partial charge >= 0.3 is 0 Å². The number of nitrogens with one attached hydrogen (secondary N) is 4. The smallest absolute Gasteiger partial charge is 0.246 e. The van der Waals surface area contributed by atoms with Crippen LogP contribution < -0.4 is 21.3 Å². The zero-order chi connectivity index (χ0) is 66.8. The van der Waals surface area contributed by atoms with Crippen LogP contribution in [0.3, 0.4) is 0 Å². The molecular weight excluding hydrogens is 1100 g/mol. The Morgan fingerprint density at radius 1 is 0.407 bits per heavy atom. The van der Waals surface area contributed by atoms with Crippen LogP contribution in [0, 0.1) is 47.3 Å². The van der Waals surface area contributed by atoms with Gasteiger partial charge in [-0.25, -0.2) is 0 Å². The predicted molar refractivity (Wildman–Crippen MR) is 333 cm³/mol. The second-order valence-corrected chi connectivity index (χ2v) is 27.2. The van der Waals surface area contributed by atoms with E-state index in [1.807, 2.05) is 62.3 Å². The summed E-state index contributed by atoms with van der Waals surface area (Å²) in [5, 5.41) is 23.3. The highest BCUT2D eigenvalue weighted by Gasteiger charge is 2.46. The fourth-order valence-electron chi connectivity index (χ4n) is 11.0. The summed E-state index contributed by atoms with van der Waals surface area (Å²) in [6, 6.07) is -12.3. The van der Waals surface area contributed by atoms with E-state index in [-0.39, 0.29) is 49.4 Å². The molecule has 1 heterocycles. The summed E-state index contributed by atoms with van der Waals surface area (Å²) in [6.07, 6.45) is 1.14. The molecule has 494 valence electrons. The molecule has 11 amide bonds. The minimum Gasteiger partial charge on any atom is -0.390 e. The molecule has 1 saturated heterocycles. The number of aliphatic hydroxyl groups excluding tert-OH is 1. The summed E-state index contributed by atoms with van der Waals surface area (Å²) < 4.78 is 0. The summed E-state index contributed by atoms with van der Waals surface area (Å²) in [6.45, 7) is 31.4. The highest BCUT2D eigenvalue weighted by molar-refractivity contribution is 5.99. The lowest BCUT2D eigenvalue weighted by Crippen LogP contribution is -2.64. The quantitative estimate of drug-likeness (QED) is 0.148. The Labute approximate surface area is 515 Å². The Morgan fingerprint density at radius 3 is 1.22 bits per heavy atom. The van der Waals surface area contributed by atoms with Gasteiger partial charge in [0.2, 0.25) is 65.0 Å². The number of rotatable bonds is 16. The topological polar surface area (TPSA) is 279 Å². The van der Waals surface area contributed by atoms with Crippen LogP contribution in [-0.4, -0.2) is 227 Å². The van der Waals surface area contributed by atoms with Crippen LogP contribution >= 0.6 is 0 Å². The molecule has 0 bridgehead atoms. The molecule has 23 heteroatoms. The second kappa shape index (κ2) is 35.2. The molecule has 0 aromatic rings. The largest absolute Gasteiger partial charge is 0.390 e. The first-order valence-electron chi connectivity index (χ1n) is 31.3. The molecule has 1 fully saturated rings. The summed E-state index contributed by atoms with van der Waals surface area (Å²) in [5.74, 6) is -10.1. The van der Waals surface area contributed by atoms with Gasteiger partial charge in [-0.2, -0.15) is 0 Å². The van der Waals surface area contributed by atoms with E-state index in [1.165, 1.54) is 87.7 Å². The van der Waals surface area contributed by atoms with Gasteiger partial charge in [-0.3, -0.25) is 52.7 Å². The monoisotopic (exact) mass is 1220 g/mol. The number of nitrogens with zero attached hydrogens (tertiary/aromatic N) is 7. The number of unbranched alkanes of at least 4 members (excludes halogenated alkanes) is 1. The zero-order valence-electron chi connectivity index (χ0n) is 57.2. The van der Waals surface area contributed by atoms with Gasteiger partial charge in [0.1, 0.15) is 60.4 Å². The van der Waals surface area contributed by atoms with Crippen LogP contribution in [0.2, 0.25) is 0 Å². The lowest BCUT2D eigenvalue weighted by atomic mass is 9.90. The number of likely N-dealkylation sites (N-methyl/N-ethyl adjacent to an activating group) is 7. The third-order valence-corrected chi connectivity index (χ3v) is 16.6. The first-order valence-corrected chi connectivity index (χ1v) is 31.3. The van der Waals surface area contributed by atoms with E-state index in [9.17, 15) is 48.3 Å². The van der Waals surface area contributed by atoms with Gasteiger partial charge in [0, 0.05) is 49.3 Å². The van der Waals surface area contributed by atoms with Crippen molar-refractivity contribution in [2.75, 3.05) is 55.9 Å². The van der Waals surface area contributed by atoms with E-state index in [0.717, 1.165) is 16.2 Å². The first kappa shape index (κ1) is 78.1. The molecule has 23 nitrogen and oxygen atoms in total. The molecule has 0 aromatic carbocycles. The highest BCUT2D eigenvalue weighted by Crippen LogP contribution is 2.26. The van der Waals surface area contributed by atoms with Crippen molar-refractivity contribution in [2.45, 2.75) is 236 Å². The molecular formula is C63H115N11O12. The molecule has 1 unspecified atom stereocenters. The van der Waals surface area contributed by atoms with E-state index >= 15 is 9.59 Å². The van der Waals surface area contributed by atoms with Crippen LogP contribution in [-0.2, 0) is 52.7 Å². The molecule has 0 spiro atoms. The molecule has 12 atom stereocenters. The van der Waals surface area contributed by atoms with Gasteiger partial charge in [-0.05, 0) is 93.3 Å². The van der Waals surface area contributed by atoms with Crippen molar-refractivity contribution in [3.05, 3.63) is 0 Å². The van der Waals surface area contributed by atoms with E-state index < -0.39 is 162 Å². The summed E-state index contributed by atoms with van der Waals surface area (Å²) in [7, 11) is 9.98. The molecule has 0 aromatic heterocycles. The molecule has 1 aliphatic rings. The van der Waals surface area contributed by atoms with Crippen molar-refractivity contribution in [3.8, 4) is 0 Å². The molecule has 1 aliphatic heterocycles. The van der Waals surface area contributed by atoms with Crippen LogP contribution in [0.4, 0.5) is 0 Å². The van der Waals surface area contributed by atoms with Crippen LogP contribution in [0.5, 0.6) is 0 Å². The normalized spacial score (nSPS) is 26.7. The number of amides is 11. The lowest BCUT2D eigenvalue weighted by molar-refractivity contribution is -0.157. The van der Waals surface area contributed by atoms with Gasteiger partial charge in [0.15, 0.2) is 0 Å². The van der Waals surface area contributed by atoms with E-state index in [1.54, 1.807) is 48.5 Å². The Bertz CT molecular complexity index is 2310. The number of carbonyl (C=O) groups is 11. The minimum atomic E-state index is -1.59. The summed E-state index contributed by atoms with van der Waals surface area (Å²) >= 11 is 0. The Kier molecular flexibility index (Phi) is 32.0. The standard InChI is InChI=1S/C63H115N11O12/c1-26-27-28-41(16)53(76)52-57(80)67-49(38(10)11)61(84)68(19)33-48(75)69(20)44(29-34(2)3)56(79)66-50(39(12)13)62(85)70(21)45(30-35(4)5)55(78)64-42(17)54(77)65-43(18)58(81)71(22)46(31-36(6)7)59(82)72(23)47(32-37(8)9)60(83)73(24)51(40(14)15)63(86)74(52)25/h34-47,49-53,76H,26-33H2,1-25H3,(H,64,78)(H,65,77)(H,66,79)(H,67,80)/t41-,42+,43-,44+,45+,46+,47+,49+,50+,51+,52?,53-/m1/s1. The van der Waals surface area contributed by atoms with E-state index in [0.29, 0.717) is 12.8 Å². The van der Waals surface area contributed by atoms with Gasteiger partial charge in [0.25, 0.3) is 0 Å². The Balaban J connectivity index is 4.36. The zero-order valence-corrected chi connectivity index (χ0v) is 57.2. The lowest BCUT2D eigenvalue weighted by Gasteiger charge is -2.42. The molecule has 5 N–H and O–H groups in total. The maximum absolute atomic E-state index is 15.2. The van der Waals surface area contributed by atoms with Crippen LogP contribution in [0.15, 0.2) is 0 Å². The van der Waals surface area contributed by atoms with Crippen molar-refractivity contribution < 1.29 is 57.8 Å². The van der Waals surface area contributed by atoms with Crippen molar-refractivity contribution in [2.24, 2.45) is 47.3 Å². The average molecular weight is 1220 g/mol. The van der Waals surface area contributed by atoms with Crippen molar-refractivity contribution in [1.29, 1.82) is 0 Å². The number of carbonyl (C=O) groups excluding carboxylic acids is 11. The molecule has 0 aliphatic carbocycles. The molecule has 0 radical (unpaired) electrons. The third kappa shape index (κ3) is 21.8. The van der Waals surface area contributed by atoms with Gasteiger partial charge in [0.05, 0.1) is 12.6 Å². The number of hydrogen-bond acceptors (Lipinski definition) is 12. The third-order valence-electron chi connectivity index (χ3n) is 16.6. The fraction of sp³-hybridized carbons (Fsp3) is 0.825. The summed E-state index contributed by atoms with van der Waals surface area (Å²) in [5.41, 5.74) is 0. The van der Waals surface area contributed by atoms with Crippen molar-refractivity contribution >= 4 is 65.0 Å². The Hall–Kier alpha value is -5.87. The summed E-state index contributed by atoms with van der Waals surface area (Å²) in [4.78, 5) is 169. The maximum atomic E-state index is 15.2. The molecule has 1 rings (SSSR count). The number of aliphatic hydroxyl groups is 1. The maximum Gasteiger partial charge on any atom is 0.246 e. The predicted octanol–water partition coefficient (Wildman–Crippen LogP) is 3.74. The fourth-order valence-corrected chi connectivity index (χ4v) is 11.0. The van der Waals surface area contributed by atoms with Crippen molar-refractivity contribution in [1.82, 2.24) is 55.6 Å². The highest BCUT2D eigenvalue weighted by atomic mass is 16.3.